The predicted molar refractivity (Wildman–Crippen MR) is 142 cm³/mol. The van der Waals surface area contributed by atoms with E-state index in [9.17, 15) is 9.59 Å². The van der Waals surface area contributed by atoms with Crippen LogP contribution in [0.2, 0.25) is 0 Å². The lowest BCUT2D eigenvalue weighted by atomic mass is 10.1. The van der Waals surface area contributed by atoms with Crippen molar-refractivity contribution in [2.24, 2.45) is 0 Å². The fourth-order valence-electron chi connectivity index (χ4n) is 3.76. The van der Waals surface area contributed by atoms with Crippen molar-refractivity contribution in [1.29, 1.82) is 0 Å². The Morgan fingerprint density at radius 2 is 1.03 bits per heavy atom. The molecule has 0 aliphatic heterocycles. The first-order chi connectivity index (χ1) is 18.1. The van der Waals surface area contributed by atoms with Crippen molar-refractivity contribution in [3.63, 3.8) is 0 Å². The van der Waals surface area contributed by atoms with Gasteiger partial charge in [0.05, 0.1) is 26.4 Å². The van der Waals surface area contributed by atoms with Gasteiger partial charge in [0, 0.05) is 26.1 Å². The molecule has 0 aliphatic rings. The number of benzene rings is 2. The third-order valence-corrected chi connectivity index (χ3v) is 5.68. The van der Waals surface area contributed by atoms with Gasteiger partial charge in [-0.3, -0.25) is 9.59 Å². The highest BCUT2D eigenvalue weighted by molar-refractivity contribution is 5.69. The summed E-state index contributed by atoms with van der Waals surface area (Å²) >= 11 is 0. The van der Waals surface area contributed by atoms with Gasteiger partial charge in [-0.15, -0.1) is 0 Å². The first kappa shape index (κ1) is 30.5. The van der Waals surface area contributed by atoms with Crippen molar-refractivity contribution in [3.05, 3.63) is 71.8 Å². The minimum absolute atomic E-state index is 0.168. The lowest BCUT2D eigenvalue weighted by Gasteiger charge is -2.22. The Labute approximate surface area is 221 Å². The molecule has 0 aliphatic carbocycles. The Balaban J connectivity index is 1.84. The van der Waals surface area contributed by atoms with E-state index in [2.05, 4.69) is 0 Å². The van der Waals surface area contributed by atoms with E-state index in [1.165, 1.54) is 0 Å². The maximum absolute atomic E-state index is 11.5. The van der Waals surface area contributed by atoms with Gasteiger partial charge < -0.3 is 23.7 Å². The molecule has 0 saturated heterocycles. The van der Waals surface area contributed by atoms with E-state index in [1.54, 1.807) is 0 Å². The van der Waals surface area contributed by atoms with Gasteiger partial charge in [-0.25, -0.2) is 0 Å². The van der Waals surface area contributed by atoms with E-state index in [0.717, 1.165) is 36.8 Å². The van der Waals surface area contributed by atoms with Crippen LogP contribution in [0.3, 0.4) is 0 Å². The summed E-state index contributed by atoms with van der Waals surface area (Å²) in [6, 6.07) is 20.0. The number of unbranched alkanes of at least 4 members (excludes halogenated alkanes) is 2. The van der Waals surface area contributed by atoms with Crippen molar-refractivity contribution >= 4 is 11.9 Å². The number of carbonyl (C=O) groups excluding carboxylic acids is 2. The summed E-state index contributed by atoms with van der Waals surface area (Å²) in [5.41, 5.74) is 2.09. The molecule has 0 amide bonds. The highest BCUT2D eigenvalue weighted by atomic mass is 16.6. The number of rotatable bonds is 20. The second kappa shape index (κ2) is 19.4. The Bertz CT molecular complexity index is 785. The fourth-order valence-corrected chi connectivity index (χ4v) is 3.76. The van der Waals surface area contributed by atoms with E-state index in [1.807, 2.05) is 74.5 Å². The summed E-state index contributed by atoms with van der Waals surface area (Å²) < 4.78 is 28.4. The third kappa shape index (κ3) is 13.4. The standard InChI is InChI=1S/C30H42O7/c1-3-34-29(31)19-11-13-21-36-27(25-15-7-5-8-16-25)23-33-24-28(26-17-9-6-10-18-26)37-22-14-12-20-30(32)35-4-2/h5-10,15-18,27-28H,3-4,11-14,19-24H2,1-2H3. The maximum Gasteiger partial charge on any atom is 0.305 e. The summed E-state index contributed by atoms with van der Waals surface area (Å²) in [5, 5.41) is 0. The molecular weight excluding hydrogens is 472 g/mol. The normalized spacial score (nSPS) is 12.6. The molecule has 7 heteroatoms. The zero-order valence-corrected chi connectivity index (χ0v) is 22.3. The summed E-state index contributed by atoms with van der Waals surface area (Å²) in [6.45, 7) is 6.27. The van der Waals surface area contributed by atoms with Crippen LogP contribution in [0.5, 0.6) is 0 Å². The molecule has 7 nitrogen and oxygen atoms in total. The van der Waals surface area contributed by atoms with E-state index < -0.39 is 0 Å². The van der Waals surface area contributed by atoms with Crippen LogP contribution in [0.1, 0.15) is 75.7 Å². The van der Waals surface area contributed by atoms with E-state index in [4.69, 9.17) is 23.7 Å². The predicted octanol–water partition coefficient (Wildman–Crippen LogP) is 5.99. The smallest absolute Gasteiger partial charge is 0.305 e. The molecular formula is C30H42O7. The van der Waals surface area contributed by atoms with E-state index in [0.29, 0.717) is 52.5 Å². The Morgan fingerprint density at radius 3 is 1.41 bits per heavy atom. The summed E-state index contributed by atoms with van der Waals surface area (Å²) in [6.07, 6.45) is 3.35. The molecule has 0 spiro atoms. The van der Waals surface area contributed by atoms with E-state index in [-0.39, 0.29) is 24.1 Å². The van der Waals surface area contributed by atoms with Gasteiger partial charge in [0.2, 0.25) is 0 Å². The van der Waals surface area contributed by atoms with Gasteiger partial charge in [0.25, 0.3) is 0 Å². The van der Waals surface area contributed by atoms with Crippen molar-refractivity contribution in [2.75, 3.05) is 39.6 Å². The Morgan fingerprint density at radius 1 is 0.622 bits per heavy atom. The molecule has 2 atom stereocenters. The van der Waals surface area contributed by atoms with E-state index >= 15 is 0 Å². The van der Waals surface area contributed by atoms with Crippen molar-refractivity contribution < 1.29 is 33.3 Å². The van der Waals surface area contributed by atoms with Crippen molar-refractivity contribution in [1.82, 2.24) is 0 Å². The van der Waals surface area contributed by atoms with Gasteiger partial charge in [-0.2, -0.15) is 0 Å². The molecule has 2 rings (SSSR count). The quantitative estimate of drug-likeness (QED) is 0.159. The summed E-state index contributed by atoms with van der Waals surface area (Å²) in [7, 11) is 0. The molecule has 0 saturated carbocycles. The lowest BCUT2D eigenvalue weighted by molar-refractivity contribution is -0.144. The summed E-state index contributed by atoms with van der Waals surface area (Å²) in [4.78, 5) is 23.1. The minimum Gasteiger partial charge on any atom is -0.466 e. The molecule has 2 aromatic carbocycles. The van der Waals surface area contributed by atoms with Crippen LogP contribution in [-0.4, -0.2) is 51.6 Å². The molecule has 2 unspecified atom stereocenters. The molecule has 2 aromatic rings. The first-order valence-corrected chi connectivity index (χ1v) is 13.4. The highest BCUT2D eigenvalue weighted by Gasteiger charge is 2.17. The van der Waals surface area contributed by atoms with Crippen molar-refractivity contribution in [3.8, 4) is 0 Å². The number of hydrogen-bond donors (Lipinski definition) is 0. The molecule has 0 heterocycles. The molecule has 37 heavy (non-hydrogen) atoms. The lowest BCUT2D eigenvalue weighted by Crippen LogP contribution is -2.18. The number of ether oxygens (including phenoxy) is 5. The second-order valence-electron chi connectivity index (χ2n) is 8.60. The molecule has 0 N–H and O–H groups in total. The monoisotopic (exact) mass is 514 g/mol. The zero-order valence-electron chi connectivity index (χ0n) is 22.3. The molecule has 204 valence electrons. The van der Waals surface area contributed by atoms with Gasteiger partial charge in [0.1, 0.15) is 12.2 Å². The van der Waals surface area contributed by atoms with Crippen LogP contribution >= 0.6 is 0 Å². The molecule has 0 bridgehead atoms. The minimum atomic E-state index is -0.218. The third-order valence-electron chi connectivity index (χ3n) is 5.68. The maximum atomic E-state index is 11.5. The zero-order chi connectivity index (χ0) is 26.6. The average Bonchev–Trinajstić information content (AvgIpc) is 2.92. The highest BCUT2D eigenvalue weighted by Crippen LogP contribution is 2.22. The first-order valence-electron chi connectivity index (χ1n) is 13.4. The van der Waals surface area contributed by atoms with Crippen LogP contribution in [0.25, 0.3) is 0 Å². The molecule has 0 radical (unpaired) electrons. The molecule has 0 fully saturated rings. The van der Waals surface area contributed by atoms with Gasteiger partial charge in [-0.1, -0.05) is 60.7 Å². The largest absolute Gasteiger partial charge is 0.466 e. The van der Waals surface area contributed by atoms with Crippen LogP contribution in [0.4, 0.5) is 0 Å². The van der Waals surface area contributed by atoms with Gasteiger partial charge >= 0.3 is 11.9 Å². The van der Waals surface area contributed by atoms with Crippen molar-refractivity contribution in [2.45, 2.75) is 64.6 Å². The fraction of sp³-hybridized carbons (Fsp3) is 0.533. The molecule has 0 aromatic heterocycles. The summed E-state index contributed by atoms with van der Waals surface area (Å²) in [5.74, 6) is -0.337. The van der Waals surface area contributed by atoms with Crippen LogP contribution in [0.15, 0.2) is 60.7 Å². The number of carbonyl (C=O) groups is 2. The van der Waals surface area contributed by atoms with Crippen LogP contribution in [0, 0.1) is 0 Å². The van der Waals surface area contributed by atoms with Gasteiger partial charge in [-0.05, 0) is 50.7 Å². The van der Waals surface area contributed by atoms with Crippen LogP contribution in [-0.2, 0) is 33.3 Å². The SMILES string of the molecule is CCOC(=O)CCCCOC(COCC(OCCCCC(=O)OCC)c1ccccc1)c1ccccc1. The Hall–Kier alpha value is -2.74. The van der Waals surface area contributed by atoms with Crippen LogP contribution < -0.4 is 0 Å². The average molecular weight is 515 g/mol. The number of esters is 2. The van der Waals surface area contributed by atoms with Gasteiger partial charge in [0.15, 0.2) is 0 Å². The second-order valence-corrected chi connectivity index (χ2v) is 8.60. The topological polar surface area (TPSA) is 80.3 Å². The Kier molecular flexibility index (Phi) is 16.0. The number of hydrogen-bond acceptors (Lipinski definition) is 7.